The highest BCUT2D eigenvalue weighted by atomic mass is 16.6. The van der Waals surface area contributed by atoms with Crippen molar-refractivity contribution in [3.8, 4) is 0 Å². The van der Waals surface area contributed by atoms with E-state index in [2.05, 4.69) is 25.8 Å². The van der Waals surface area contributed by atoms with Crippen LogP contribution in [0.25, 0.3) is 0 Å². The molecule has 1 aliphatic rings. The highest BCUT2D eigenvalue weighted by Crippen LogP contribution is 2.16. The van der Waals surface area contributed by atoms with Crippen molar-refractivity contribution in [1.82, 2.24) is 9.80 Å². The van der Waals surface area contributed by atoms with Gasteiger partial charge in [0, 0.05) is 25.2 Å². The summed E-state index contributed by atoms with van der Waals surface area (Å²) in [4.78, 5) is 16.2. The summed E-state index contributed by atoms with van der Waals surface area (Å²) in [6.07, 6.45) is -0.212. The lowest BCUT2D eigenvalue weighted by atomic mass is 10.1. The molecule has 2 rings (SSSR count). The van der Waals surface area contributed by atoms with Crippen LogP contribution < -0.4 is 0 Å². The third kappa shape index (κ3) is 3.26. The molecule has 0 N–H and O–H groups in total. The average Bonchev–Trinajstić information content (AvgIpc) is 2.43. The Bertz CT molecular complexity index is 421. The molecule has 1 aromatic rings. The van der Waals surface area contributed by atoms with Crippen LogP contribution in [0, 0.1) is 0 Å². The predicted molar refractivity (Wildman–Crippen MR) is 74.9 cm³/mol. The van der Waals surface area contributed by atoms with Gasteiger partial charge in [0.05, 0.1) is 0 Å². The van der Waals surface area contributed by atoms with E-state index >= 15 is 0 Å². The Kier molecular flexibility index (Phi) is 4.43. The first kappa shape index (κ1) is 13.9. The SMILES string of the molecule is CC1C(C)N(C(=O)OCc2ccccc2)CCN1C. The number of rotatable bonds is 2. The van der Waals surface area contributed by atoms with Crippen molar-refractivity contribution >= 4 is 6.09 Å². The van der Waals surface area contributed by atoms with E-state index in [4.69, 9.17) is 4.74 Å². The molecule has 0 spiro atoms. The van der Waals surface area contributed by atoms with Crippen molar-refractivity contribution in [2.45, 2.75) is 32.5 Å². The van der Waals surface area contributed by atoms with Gasteiger partial charge in [-0.25, -0.2) is 4.79 Å². The number of amides is 1. The quantitative estimate of drug-likeness (QED) is 0.820. The number of carbonyl (C=O) groups excluding carboxylic acids is 1. The molecule has 1 fully saturated rings. The van der Waals surface area contributed by atoms with Gasteiger partial charge < -0.3 is 9.64 Å². The van der Waals surface area contributed by atoms with Crippen LogP contribution >= 0.6 is 0 Å². The fourth-order valence-electron chi connectivity index (χ4n) is 2.36. The van der Waals surface area contributed by atoms with E-state index in [-0.39, 0.29) is 12.1 Å². The standard InChI is InChI=1S/C15H22N2O2/c1-12-13(2)17(10-9-16(12)3)15(18)19-11-14-7-5-4-6-8-14/h4-8,12-13H,9-11H2,1-3H3. The lowest BCUT2D eigenvalue weighted by Crippen LogP contribution is -2.57. The molecule has 2 atom stereocenters. The zero-order chi connectivity index (χ0) is 13.8. The Hall–Kier alpha value is -1.55. The maximum atomic E-state index is 12.1. The Morgan fingerprint density at radius 3 is 2.58 bits per heavy atom. The van der Waals surface area contributed by atoms with E-state index in [0.717, 1.165) is 18.7 Å². The molecular weight excluding hydrogens is 240 g/mol. The van der Waals surface area contributed by atoms with Gasteiger partial charge >= 0.3 is 6.09 Å². The Morgan fingerprint density at radius 1 is 1.21 bits per heavy atom. The minimum atomic E-state index is -0.212. The Labute approximate surface area is 115 Å². The molecule has 1 amide bonds. The van der Waals surface area contributed by atoms with Crippen LogP contribution in [0.2, 0.25) is 0 Å². The van der Waals surface area contributed by atoms with Gasteiger partial charge in [-0.3, -0.25) is 4.90 Å². The fraction of sp³-hybridized carbons (Fsp3) is 0.533. The van der Waals surface area contributed by atoms with E-state index < -0.39 is 0 Å². The number of ether oxygens (including phenoxy) is 1. The first-order valence-electron chi connectivity index (χ1n) is 6.77. The zero-order valence-corrected chi connectivity index (χ0v) is 11.9. The summed E-state index contributed by atoms with van der Waals surface area (Å²) in [6, 6.07) is 10.3. The molecule has 2 unspecified atom stereocenters. The van der Waals surface area contributed by atoms with Crippen LogP contribution in [0.15, 0.2) is 30.3 Å². The van der Waals surface area contributed by atoms with Gasteiger partial charge in [-0.1, -0.05) is 30.3 Å². The van der Waals surface area contributed by atoms with Crippen LogP contribution in [0.1, 0.15) is 19.4 Å². The summed E-state index contributed by atoms with van der Waals surface area (Å²) >= 11 is 0. The molecule has 0 saturated carbocycles. The van der Waals surface area contributed by atoms with Gasteiger partial charge in [0.25, 0.3) is 0 Å². The zero-order valence-electron chi connectivity index (χ0n) is 11.9. The summed E-state index contributed by atoms with van der Waals surface area (Å²) in [6.45, 7) is 6.18. The Balaban J connectivity index is 1.90. The van der Waals surface area contributed by atoms with Gasteiger partial charge in [0.15, 0.2) is 0 Å². The van der Waals surface area contributed by atoms with Gasteiger partial charge in [-0.2, -0.15) is 0 Å². The van der Waals surface area contributed by atoms with E-state index in [1.54, 1.807) is 0 Å². The number of hydrogen-bond donors (Lipinski definition) is 0. The molecular formula is C15H22N2O2. The highest BCUT2D eigenvalue weighted by molar-refractivity contribution is 5.68. The maximum Gasteiger partial charge on any atom is 0.410 e. The van der Waals surface area contributed by atoms with Crippen LogP contribution in [-0.2, 0) is 11.3 Å². The predicted octanol–water partition coefficient (Wildman–Crippen LogP) is 2.35. The number of piperazine rings is 1. The third-order valence-electron chi connectivity index (χ3n) is 4.02. The summed E-state index contributed by atoms with van der Waals surface area (Å²) in [5.41, 5.74) is 1.02. The lowest BCUT2D eigenvalue weighted by molar-refractivity contribution is 0.0309. The first-order valence-corrected chi connectivity index (χ1v) is 6.77. The molecule has 1 saturated heterocycles. The van der Waals surface area contributed by atoms with Gasteiger partial charge in [-0.05, 0) is 26.5 Å². The molecule has 1 aliphatic heterocycles. The van der Waals surface area contributed by atoms with Gasteiger partial charge in [0.1, 0.15) is 6.61 Å². The summed E-state index contributed by atoms with van der Waals surface area (Å²) in [5.74, 6) is 0. The van der Waals surface area contributed by atoms with Crippen molar-refractivity contribution in [2.24, 2.45) is 0 Å². The lowest BCUT2D eigenvalue weighted by Gasteiger charge is -2.42. The minimum Gasteiger partial charge on any atom is -0.445 e. The first-order chi connectivity index (χ1) is 9.09. The number of carbonyl (C=O) groups is 1. The third-order valence-corrected chi connectivity index (χ3v) is 4.02. The highest BCUT2D eigenvalue weighted by Gasteiger charge is 2.32. The van der Waals surface area contributed by atoms with Crippen LogP contribution in [0.3, 0.4) is 0 Å². The summed E-state index contributed by atoms with van der Waals surface area (Å²) in [7, 11) is 2.09. The van der Waals surface area contributed by atoms with Crippen LogP contribution in [-0.4, -0.2) is 48.1 Å². The molecule has 0 aliphatic carbocycles. The second-order valence-corrected chi connectivity index (χ2v) is 5.20. The second-order valence-electron chi connectivity index (χ2n) is 5.20. The minimum absolute atomic E-state index is 0.182. The molecule has 19 heavy (non-hydrogen) atoms. The summed E-state index contributed by atoms with van der Waals surface area (Å²) < 4.78 is 5.39. The van der Waals surface area contributed by atoms with Crippen molar-refractivity contribution in [2.75, 3.05) is 20.1 Å². The van der Waals surface area contributed by atoms with E-state index in [0.29, 0.717) is 12.6 Å². The van der Waals surface area contributed by atoms with Crippen molar-refractivity contribution in [3.05, 3.63) is 35.9 Å². The molecule has 1 heterocycles. The molecule has 0 aromatic heterocycles. The number of benzene rings is 1. The van der Waals surface area contributed by atoms with Gasteiger partial charge in [0.2, 0.25) is 0 Å². The fourth-order valence-corrected chi connectivity index (χ4v) is 2.36. The molecule has 0 bridgehead atoms. The largest absolute Gasteiger partial charge is 0.445 e. The van der Waals surface area contributed by atoms with E-state index in [1.165, 1.54) is 0 Å². The molecule has 104 valence electrons. The molecule has 4 heteroatoms. The molecule has 0 radical (unpaired) electrons. The average molecular weight is 262 g/mol. The van der Waals surface area contributed by atoms with E-state index in [1.807, 2.05) is 35.2 Å². The number of hydrogen-bond acceptors (Lipinski definition) is 3. The molecule has 4 nitrogen and oxygen atoms in total. The normalized spacial score (nSPS) is 24.3. The van der Waals surface area contributed by atoms with Crippen LogP contribution in [0.4, 0.5) is 4.79 Å². The van der Waals surface area contributed by atoms with Crippen molar-refractivity contribution in [3.63, 3.8) is 0 Å². The second kappa shape index (κ2) is 6.06. The number of likely N-dealkylation sites (N-methyl/N-ethyl adjacent to an activating group) is 1. The molecule has 1 aromatic carbocycles. The smallest absolute Gasteiger partial charge is 0.410 e. The number of nitrogens with zero attached hydrogens (tertiary/aromatic N) is 2. The monoisotopic (exact) mass is 262 g/mol. The summed E-state index contributed by atoms with van der Waals surface area (Å²) in [5, 5.41) is 0. The van der Waals surface area contributed by atoms with Gasteiger partial charge in [-0.15, -0.1) is 0 Å². The van der Waals surface area contributed by atoms with Crippen molar-refractivity contribution in [1.29, 1.82) is 0 Å². The Morgan fingerprint density at radius 2 is 1.89 bits per heavy atom. The van der Waals surface area contributed by atoms with Crippen LogP contribution in [0.5, 0.6) is 0 Å². The topological polar surface area (TPSA) is 32.8 Å². The maximum absolute atomic E-state index is 12.1. The van der Waals surface area contributed by atoms with Crippen molar-refractivity contribution < 1.29 is 9.53 Å². The van der Waals surface area contributed by atoms with E-state index in [9.17, 15) is 4.79 Å².